The molecule has 0 aromatic heterocycles. The van der Waals surface area contributed by atoms with Crippen LogP contribution in [0.3, 0.4) is 0 Å². The van der Waals surface area contributed by atoms with Crippen molar-refractivity contribution in [3.05, 3.63) is 71.3 Å². The lowest BCUT2D eigenvalue weighted by molar-refractivity contribution is -0.150. The zero-order chi connectivity index (χ0) is 18.5. The Bertz CT molecular complexity index is 797. The molecular formula is C19H17F2NO4. The molecule has 136 valence electrons. The lowest BCUT2D eigenvalue weighted by atomic mass is 10.1. The number of benzene rings is 2. The second kappa shape index (κ2) is 8.05. The fraction of sp³-hybridized carbons (Fsp3) is 0.263. The molecule has 0 saturated carbocycles. The summed E-state index contributed by atoms with van der Waals surface area (Å²) in [6, 6.07) is 12.0. The van der Waals surface area contributed by atoms with E-state index in [2.05, 4.69) is 0 Å². The van der Waals surface area contributed by atoms with Crippen molar-refractivity contribution in [2.75, 3.05) is 26.3 Å². The van der Waals surface area contributed by atoms with E-state index in [0.717, 1.165) is 12.1 Å². The van der Waals surface area contributed by atoms with E-state index in [1.807, 2.05) is 0 Å². The number of morpholine rings is 1. The van der Waals surface area contributed by atoms with Crippen molar-refractivity contribution < 1.29 is 27.8 Å². The van der Waals surface area contributed by atoms with Gasteiger partial charge in [0.2, 0.25) is 5.91 Å². The Hall–Kier alpha value is -2.80. The third kappa shape index (κ3) is 4.23. The quantitative estimate of drug-likeness (QED) is 0.769. The van der Waals surface area contributed by atoms with Gasteiger partial charge in [-0.25, -0.2) is 13.6 Å². The second-order valence-corrected chi connectivity index (χ2v) is 5.81. The number of hydrogen-bond donors (Lipinski definition) is 0. The fourth-order valence-corrected chi connectivity index (χ4v) is 2.65. The van der Waals surface area contributed by atoms with Crippen molar-refractivity contribution >= 4 is 11.9 Å². The highest BCUT2D eigenvalue weighted by molar-refractivity contribution is 5.89. The van der Waals surface area contributed by atoms with Crippen LogP contribution >= 0.6 is 0 Å². The molecule has 1 atom stereocenters. The SMILES string of the molecule is O=C(OCCN1CC(c2ccc(F)c(F)c2)OCC1=O)c1ccccc1. The molecule has 0 radical (unpaired) electrons. The van der Waals surface area contributed by atoms with Gasteiger partial charge in [0.1, 0.15) is 19.3 Å². The molecule has 0 bridgehead atoms. The Kier molecular flexibility index (Phi) is 5.58. The monoisotopic (exact) mass is 361 g/mol. The van der Waals surface area contributed by atoms with Crippen LogP contribution in [-0.4, -0.2) is 43.1 Å². The van der Waals surface area contributed by atoms with E-state index in [0.29, 0.717) is 11.1 Å². The van der Waals surface area contributed by atoms with Crippen molar-refractivity contribution in [2.45, 2.75) is 6.10 Å². The minimum atomic E-state index is -0.966. The lowest BCUT2D eigenvalue weighted by Crippen LogP contribution is -2.44. The Morgan fingerprint density at radius 2 is 1.92 bits per heavy atom. The molecule has 1 amide bonds. The molecule has 7 heteroatoms. The van der Waals surface area contributed by atoms with Crippen LogP contribution in [0.25, 0.3) is 0 Å². The van der Waals surface area contributed by atoms with E-state index in [1.54, 1.807) is 30.3 Å². The summed E-state index contributed by atoms with van der Waals surface area (Å²) in [6.45, 7) is 0.230. The van der Waals surface area contributed by atoms with Crippen LogP contribution in [0.5, 0.6) is 0 Å². The molecule has 1 aliphatic rings. The zero-order valence-corrected chi connectivity index (χ0v) is 13.9. The first-order valence-electron chi connectivity index (χ1n) is 8.11. The maximum absolute atomic E-state index is 13.4. The zero-order valence-electron chi connectivity index (χ0n) is 13.9. The first-order chi connectivity index (χ1) is 12.5. The van der Waals surface area contributed by atoms with Gasteiger partial charge in [-0.05, 0) is 29.8 Å². The number of amides is 1. The molecule has 1 saturated heterocycles. The summed E-state index contributed by atoms with van der Waals surface area (Å²) in [5.41, 5.74) is 0.878. The molecule has 0 N–H and O–H groups in total. The number of halogens is 2. The van der Waals surface area contributed by atoms with Gasteiger partial charge in [-0.15, -0.1) is 0 Å². The van der Waals surface area contributed by atoms with E-state index < -0.39 is 23.7 Å². The first-order valence-corrected chi connectivity index (χ1v) is 8.11. The van der Waals surface area contributed by atoms with Crippen molar-refractivity contribution in [3.63, 3.8) is 0 Å². The summed E-state index contributed by atoms with van der Waals surface area (Å²) in [4.78, 5) is 25.3. The molecule has 1 heterocycles. The van der Waals surface area contributed by atoms with Gasteiger partial charge in [0.15, 0.2) is 11.6 Å². The van der Waals surface area contributed by atoms with Crippen molar-refractivity contribution in [3.8, 4) is 0 Å². The lowest BCUT2D eigenvalue weighted by Gasteiger charge is -2.32. The van der Waals surface area contributed by atoms with Crippen molar-refractivity contribution in [1.82, 2.24) is 4.90 Å². The summed E-state index contributed by atoms with van der Waals surface area (Å²) < 4.78 is 37.0. The van der Waals surface area contributed by atoms with E-state index in [9.17, 15) is 18.4 Å². The van der Waals surface area contributed by atoms with Gasteiger partial charge < -0.3 is 14.4 Å². The van der Waals surface area contributed by atoms with Crippen LogP contribution in [0.2, 0.25) is 0 Å². The number of nitrogens with zero attached hydrogens (tertiary/aromatic N) is 1. The highest BCUT2D eigenvalue weighted by Crippen LogP contribution is 2.24. The molecule has 3 rings (SSSR count). The number of carbonyl (C=O) groups is 2. The summed E-state index contributed by atoms with van der Waals surface area (Å²) in [5, 5.41) is 0. The number of ether oxygens (including phenoxy) is 2. The molecule has 0 spiro atoms. The van der Waals surface area contributed by atoms with Crippen molar-refractivity contribution in [2.24, 2.45) is 0 Å². The van der Waals surface area contributed by atoms with Crippen LogP contribution in [0.15, 0.2) is 48.5 Å². The number of rotatable bonds is 5. The van der Waals surface area contributed by atoms with Crippen LogP contribution < -0.4 is 0 Å². The average molecular weight is 361 g/mol. The topological polar surface area (TPSA) is 55.8 Å². The second-order valence-electron chi connectivity index (χ2n) is 5.81. The van der Waals surface area contributed by atoms with Gasteiger partial charge in [0.25, 0.3) is 0 Å². The third-order valence-corrected chi connectivity index (χ3v) is 4.07. The van der Waals surface area contributed by atoms with Gasteiger partial charge >= 0.3 is 5.97 Å². The standard InChI is InChI=1S/C19H17F2NO4/c20-15-7-6-14(10-16(15)21)17-11-22(18(23)12-26-17)8-9-25-19(24)13-4-2-1-3-5-13/h1-7,10,17H,8-9,11-12H2. The number of esters is 1. The normalized spacial score (nSPS) is 17.2. The Morgan fingerprint density at radius 3 is 2.65 bits per heavy atom. The van der Waals surface area contributed by atoms with Gasteiger partial charge in [0, 0.05) is 0 Å². The van der Waals surface area contributed by atoms with Crippen LogP contribution in [0.4, 0.5) is 8.78 Å². The molecule has 1 fully saturated rings. The first kappa shape index (κ1) is 18.0. The number of carbonyl (C=O) groups excluding carboxylic acids is 2. The summed E-state index contributed by atoms with van der Waals surface area (Å²) in [6.07, 6.45) is -0.562. The Morgan fingerprint density at radius 1 is 1.15 bits per heavy atom. The fourth-order valence-electron chi connectivity index (χ4n) is 2.65. The van der Waals surface area contributed by atoms with Crippen LogP contribution in [0.1, 0.15) is 22.0 Å². The van der Waals surface area contributed by atoms with Crippen LogP contribution in [0, 0.1) is 11.6 Å². The van der Waals surface area contributed by atoms with E-state index >= 15 is 0 Å². The Balaban J connectivity index is 1.56. The Labute approximate surface area is 149 Å². The molecular weight excluding hydrogens is 344 g/mol. The molecule has 26 heavy (non-hydrogen) atoms. The van der Waals surface area contributed by atoms with Gasteiger partial charge in [-0.1, -0.05) is 24.3 Å². The molecule has 0 aliphatic carbocycles. The highest BCUT2D eigenvalue weighted by atomic mass is 19.2. The van der Waals surface area contributed by atoms with E-state index in [1.165, 1.54) is 11.0 Å². The van der Waals surface area contributed by atoms with E-state index in [-0.39, 0.29) is 32.2 Å². The molecule has 1 aliphatic heterocycles. The van der Waals surface area contributed by atoms with Crippen molar-refractivity contribution in [1.29, 1.82) is 0 Å². The highest BCUT2D eigenvalue weighted by Gasteiger charge is 2.28. The average Bonchev–Trinajstić information content (AvgIpc) is 2.66. The maximum atomic E-state index is 13.4. The summed E-state index contributed by atoms with van der Waals surface area (Å²) >= 11 is 0. The predicted molar refractivity (Wildman–Crippen MR) is 88.4 cm³/mol. The minimum absolute atomic E-state index is 0.0317. The molecule has 2 aromatic rings. The van der Waals surface area contributed by atoms with E-state index in [4.69, 9.17) is 9.47 Å². The summed E-state index contributed by atoms with van der Waals surface area (Å²) in [7, 11) is 0. The largest absolute Gasteiger partial charge is 0.460 e. The van der Waals surface area contributed by atoms with Gasteiger partial charge in [0.05, 0.1) is 18.7 Å². The smallest absolute Gasteiger partial charge is 0.338 e. The summed E-state index contributed by atoms with van der Waals surface area (Å²) in [5.74, 6) is -2.63. The third-order valence-electron chi connectivity index (χ3n) is 4.07. The van der Waals surface area contributed by atoms with Crippen LogP contribution in [-0.2, 0) is 14.3 Å². The van der Waals surface area contributed by atoms with Gasteiger partial charge in [-0.2, -0.15) is 0 Å². The maximum Gasteiger partial charge on any atom is 0.338 e. The molecule has 5 nitrogen and oxygen atoms in total. The predicted octanol–water partition coefficient (Wildman–Crippen LogP) is 2.72. The molecule has 1 unspecified atom stereocenters. The molecule has 2 aromatic carbocycles. The number of hydrogen-bond acceptors (Lipinski definition) is 4. The minimum Gasteiger partial charge on any atom is -0.460 e. The van der Waals surface area contributed by atoms with Gasteiger partial charge in [-0.3, -0.25) is 4.79 Å².